The summed E-state index contributed by atoms with van der Waals surface area (Å²) >= 11 is 0. The van der Waals surface area contributed by atoms with Crippen LogP contribution in [0.1, 0.15) is 24.7 Å². The quantitative estimate of drug-likeness (QED) is 0.655. The zero-order valence-electron chi connectivity index (χ0n) is 10.1. The van der Waals surface area contributed by atoms with Crippen LogP contribution >= 0.6 is 0 Å². The van der Waals surface area contributed by atoms with E-state index in [4.69, 9.17) is 13.9 Å². The molecule has 0 aliphatic carbocycles. The van der Waals surface area contributed by atoms with Gasteiger partial charge in [-0.15, -0.1) is 0 Å². The monoisotopic (exact) mass is 227 g/mol. The van der Waals surface area contributed by atoms with Gasteiger partial charge in [-0.1, -0.05) is 6.92 Å². The normalized spacial score (nSPS) is 10.9. The Balaban J connectivity index is 2.26. The van der Waals surface area contributed by atoms with E-state index in [-0.39, 0.29) is 0 Å². The third-order valence-corrected chi connectivity index (χ3v) is 2.24. The fraction of sp³-hybridized carbons (Fsp3) is 0.667. The minimum absolute atomic E-state index is 0.513. The molecule has 0 bridgehead atoms. The average molecular weight is 227 g/mol. The van der Waals surface area contributed by atoms with Crippen molar-refractivity contribution < 1.29 is 13.9 Å². The Labute approximate surface area is 96.9 Å². The summed E-state index contributed by atoms with van der Waals surface area (Å²) in [7, 11) is 1.66. The highest BCUT2D eigenvalue weighted by atomic mass is 16.5. The van der Waals surface area contributed by atoms with Crippen molar-refractivity contribution in [1.82, 2.24) is 5.32 Å². The number of furan rings is 1. The summed E-state index contributed by atoms with van der Waals surface area (Å²) in [4.78, 5) is 0. The molecule has 0 fully saturated rings. The van der Waals surface area contributed by atoms with Crippen LogP contribution in [-0.4, -0.2) is 26.9 Å². The SMILES string of the molecule is CCCNCc1ccoc1COCCOC. The summed E-state index contributed by atoms with van der Waals surface area (Å²) < 4.78 is 15.7. The van der Waals surface area contributed by atoms with Crippen LogP contribution in [0.25, 0.3) is 0 Å². The molecule has 0 aromatic carbocycles. The summed E-state index contributed by atoms with van der Waals surface area (Å²) in [6.07, 6.45) is 2.84. The minimum Gasteiger partial charge on any atom is -0.467 e. The number of ether oxygens (including phenoxy) is 2. The highest BCUT2D eigenvalue weighted by Crippen LogP contribution is 2.11. The molecule has 0 aliphatic rings. The maximum atomic E-state index is 5.42. The molecule has 0 unspecified atom stereocenters. The number of hydrogen-bond donors (Lipinski definition) is 1. The molecular weight excluding hydrogens is 206 g/mol. The Kier molecular flexibility index (Phi) is 6.88. The third kappa shape index (κ3) is 4.79. The smallest absolute Gasteiger partial charge is 0.133 e. The zero-order valence-corrected chi connectivity index (χ0v) is 10.1. The van der Waals surface area contributed by atoms with Crippen molar-refractivity contribution in [1.29, 1.82) is 0 Å². The van der Waals surface area contributed by atoms with Gasteiger partial charge in [0.05, 0.1) is 19.5 Å². The van der Waals surface area contributed by atoms with Crippen molar-refractivity contribution >= 4 is 0 Å². The molecule has 1 aromatic rings. The van der Waals surface area contributed by atoms with E-state index in [0.29, 0.717) is 19.8 Å². The van der Waals surface area contributed by atoms with Crippen LogP contribution < -0.4 is 5.32 Å². The lowest BCUT2D eigenvalue weighted by Crippen LogP contribution is -2.14. The predicted octanol–water partition coefficient (Wildman–Crippen LogP) is 1.94. The number of hydrogen-bond acceptors (Lipinski definition) is 4. The second-order valence-corrected chi connectivity index (χ2v) is 3.59. The van der Waals surface area contributed by atoms with Gasteiger partial charge >= 0.3 is 0 Å². The van der Waals surface area contributed by atoms with Crippen molar-refractivity contribution in [3.05, 3.63) is 23.7 Å². The minimum atomic E-state index is 0.513. The molecule has 0 radical (unpaired) electrons. The molecular formula is C12H21NO3. The van der Waals surface area contributed by atoms with Crippen LogP contribution in [0, 0.1) is 0 Å². The molecule has 1 aromatic heterocycles. The van der Waals surface area contributed by atoms with E-state index in [1.165, 1.54) is 5.56 Å². The molecule has 1 rings (SSSR count). The molecule has 0 spiro atoms. The standard InChI is InChI=1S/C12H21NO3/c1-3-5-13-9-11-4-6-16-12(11)10-15-8-7-14-2/h4,6,13H,3,5,7-10H2,1-2H3. The van der Waals surface area contributed by atoms with Crippen molar-refractivity contribution in [3.63, 3.8) is 0 Å². The lowest BCUT2D eigenvalue weighted by molar-refractivity contribution is 0.0533. The summed E-state index contributed by atoms with van der Waals surface area (Å²) in [5, 5.41) is 3.34. The molecule has 92 valence electrons. The van der Waals surface area contributed by atoms with E-state index in [1.807, 2.05) is 6.07 Å². The van der Waals surface area contributed by atoms with Crippen molar-refractivity contribution in [2.75, 3.05) is 26.9 Å². The summed E-state index contributed by atoms with van der Waals surface area (Å²) in [5.74, 6) is 0.903. The van der Waals surface area contributed by atoms with Crippen LogP contribution in [0.3, 0.4) is 0 Å². The highest BCUT2D eigenvalue weighted by molar-refractivity contribution is 5.15. The van der Waals surface area contributed by atoms with Crippen molar-refractivity contribution in [3.8, 4) is 0 Å². The maximum Gasteiger partial charge on any atom is 0.133 e. The van der Waals surface area contributed by atoms with Crippen LogP contribution in [0.4, 0.5) is 0 Å². The van der Waals surface area contributed by atoms with Gasteiger partial charge in [-0.05, 0) is 19.0 Å². The molecule has 16 heavy (non-hydrogen) atoms. The van der Waals surface area contributed by atoms with Gasteiger partial charge in [-0.25, -0.2) is 0 Å². The Morgan fingerprint density at radius 3 is 3.00 bits per heavy atom. The number of rotatable bonds is 9. The van der Waals surface area contributed by atoms with Crippen LogP contribution in [0.2, 0.25) is 0 Å². The molecule has 4 heteroatoms. The Hall–Kier alpha value is -0.840. The van der Waals surface area contributed by atoms with Crippen molar-refractivity contribution in [2.45, 2.75) is 26.5 Å². The fourth-order valence-electron chi connectivity index (χ4n) is 1.36. The van der Waals surface area contributed by atoms with Gasteiger partial charge in [0, 0.05) is 19.2 Å². The first-order valence-electron chi connectivity index (χ1n) is 5.71. The topological polar surface area (TPSA) is 43.6 Å². The second kappa shape index (κ2) is 8.33. The molecule has 0 aliphatic heterocycles. The van der Waals surface area contributed by atoms with E-state index < -0.39 is 0 Å². The summed E-state index contributed by atoms with van der Waals surface area (Å²) in [5.41, 5.74) is 1.17. The number of nitrogens with one attached hydrogen (secondary N) is 1. The lowest BCUT2D eigenvalue weighted by Gasteiger charge is -2.05. The first-order chi connectivity index (χ1) is 7.88. The van der Waals surface area contributed by atoms with Gasteiger partial charge in [0.1, 0.15) is 12.4 Å². The highest BCUT2D eigenvalue weighted by Gasteiger charge is 2.05. The molecule has 0 amide bonds. The molecule has 0 saturated heterocycles. The fourth-order valence-corrected chi connectivity index (χ4v) is 1.36. The molecule has 4 nitrogen and oxygen atoms in total. The average Bonchev–Trinajstić information content (AvgIpc) is 2.73. The third-order valence-electron chi connectivity index (χ3n) is 2.24. The van der Waals surface area contributed by atoms with Gasteiger partial charge in [-0.3, -0.25) is 0 Å². The maximum absolute atomic E-state index is 5.42. The number of methoxy groups -OCH3 is 1. The van der Waals surface area contributed by atoms with Gasteiger partial charge in [0.25, 0.3) is 0 Å². The van der Waals surface area contributed by atoms with Crippen LogP contribution in [0.5, 0.6) is 0 Å². The van der Waals surface area contributed by atoms with Gasteiger partial charge < -0.3 is 19.2 Å². The Bertz CT molecular complexity index is 273. The predicted molar refractivity (Wildman–Crippen MR) is 62.2 cm³/mol. The van der Waals surface area contributed by atoms with Gasteiger partial charge in [-0.2, -0.15) is 0 Å². The first kappa shape index (κ1) is 13.2. The van der Waals surface area contributed by atoms with Crippen molar-refractivity contribution in [2.24, 2.45) is 0 Å². The first-order valence-corrected chi connectivity index (χ1v) is 5.71. The van der Waals surface area contributed by atoms with E-state index in [0.717, 1.165) is 25.3 Å². The van der Waals surface area contributed by atoms with E-state index in [2.05, 4.69) is 12.2 Å². The summed E-state index contributed by atoms with van der Waals surface area (Å²) in [6.45, 7) is 5.74. The van der Waals surface area contributed by atoms with E-state index in [9.17, 15) is 0 Å². The van der Waals surface area contributed by atoms with Gasteiger partial charge in [0.2, 0.25) is 0 Å². The van der Waals surface area contributed by atoms with E-state index in [1.54, 1.807) is 13.4 Å². The zero-order chi connectivity index (χ0) is 11.6. The molecule has 1 heterocycles. The van der Waals surface area contributed by atoms with Gasteiger partial charge in [0.15, 0.2) is 0 Å². The largest absolute Gasteiger partial charge is 0.467 e. The molecule has 0 atom stereocenters. The lowest BCUT2D eigenvalue weighted by atomic mass is 10.2. The summed E-state index contributed by atoms with van der Waals surface area (Å²) in [6, 6.07) is 1.98. The Morgan fingerprint density at radius 1 is 1.38 bits per heavy atom. The Morgan fingerprint density at radius 2 is 2.25 bits per heavy atom. The van der Waals surface area contributed by atoms with Crippen LogP contribution in [0.15, 0.2) is 16.7 Å². The van der Waals surface area contributed by atoms with Crippen LogP contribution in [-0.2, 0) is 22.6 Å². The second-order valence-electron chi connectivity index (χ2n) is 3.59. The van der Waals surface area contributed by atoms with E-state index >= 15 is 0 Å². The molecule has 0 saturated carbocycles. The molecule has 1 N–H and O–H groups in total.